The molecule has 1 aromatic carbocycles. The van der Waals surface area contributed by atoms with Crippen LogP contribution in [0, 0.1) is 0 Å². The zero-order valence-corrected chi connectivity index (χ0v) is 11.4. The van der Waals surface area contributed by atoms with Gasteiger partial charge in [-0.25, -0.2) is 13.4 Å². The van der Waals surface area contributed by atoms with Crippen molar-refractivity contribution in [2.45, 2.75) is 15.3 Å². The summed E-state index contributed by atoms with van der Waals surface area (Å²) in [6.07, 6.45) is 3.58. The minimum Gasteiger partial charge on any atom is -0.329 e. The molecule has 0 radical (unpaired) electrons. The Hall–Kier alpha value is -1.27. The van der Waals surface area contributed by atoms with Gasteiger partial charge in [-0.2, -0.15) is 0 Å². The highest BCUT2D eigenvalue weighted by atomic mass is 32.2. The largest absolute Gasteiger partial charge is 0.329 e. The van der Waals surface area contributed by atoms with E-state index >= 15 is 0 Å². The van der Waals surface area contributed by atoms with Gasteiger partial charge in [-0.15, -0.1) is 0 Å². The molecule has 2 aromatic rings. The summed E-state index contributed by atoms with van der Waals surface area (Å²) in [6, 6.07) is 7.22. The molecule has 94 valence electrons. The number of hydrogen-bond donors (Lipinski definition) is 0. The Kier molecular flexibility index (Phi) is 2.71. The van der Waals surface area contributed by atoms with Crippen LogP contribution in [-0.2, 0) is 16.9 Å². The first kappa shape index (κ1) is 11.8. The summed E-state index contributed by atoms with van der Waals surface area (Å²) in [5.74, 6) is 0.157. The third kappa shape index (κ3) is 1.85. The van der Waals surface area contributed by atoms with Gasteiger partial charge in [0.1, 0.15) is 0 Å². The van der Waals surface area contributed by atoms with Gasteiger partial charge >= 0.3 is 0 Å². The highest BCUT2D eigenvalue weighted by Crippen LogP contribution is 2.44. The third-order valence-electron chi connectivity index (χ3n) is 3.00. The van der Waals surface area contributed by atoms with E-state index in [-0.39, 0.29) is 11.0 Å². The maximum absolute atomic E-state index is 12.0. The lowest BCUT2D eigenvalue weighted by atomic mass is 10.2. The highest BCUT2D eigenvalue weighted by molar-refractivity contribution is 8.01. The van der Waals surface area contributed by atoms with E-state index in [1.54, 1.807) is 18.3 Å². The molecule has 1 aliphatic rings. The van der Waals surface area contributed by atoms with Crippen molar-refractivity contribution in [3.63, 3.8) is 0 Å². The average molecular weight is 280 g/mol. The molecule has 2 heterocycles. The fraction of sp³-hybridized carbons (Fsp3) is 0.250. The monoisotopic (exact) mass is 280 g/mol. The molecule has 0 N–H and O–H groups in total. The van der Waals surface area contributed by atoms with Gasteiger partial charge in [-0.3, -0.25) is 0 Å². The van der Waals surface area contributed by atoms with E-state index in [2.05, 4.69) is 4.98 Å². The Balaban J connectivity index is 2.00. The molecule has 0 spiro atoms. The standard InChI is InChI=1S/C12H12N2O2S2/c1-14-7-6-13-12(14)17-10-8-18(15,16)11-5-3-2-4-9(10)11/h2-7,10H,8H2,1H3. The molecule has 0 fully saturated rings. The van der Waals surface area contributed by atoms with Crippen LogP contribution in [-0.4, -0.2) is 23.7 Å². The second-order valence-electron chi connectivity index (χ2n) is 4.25. The summed E-state index contributed by atoms with van der Waals surface area (Å²) in [5, 5.41) is 0.777. The van der Waals surface area contributed by atoms with Crippen molar-refractivity contribution in [3.05, 3.63) is 42.2 Å². The molecule has 1 atom stereocenters. The molecule has 0 bridgehead atoms. The molecule has 0 aliphatic carbocycles. The van der Waals surface area contributed by atoms with Gasteiger partial charge in [0.2, 0.25) is 0 Å². The Bertz CT molecular complexity index is 692. The van der Waals surface area contributed by atoms with Gasteiger partial charge in [0, 0.05) is 19.4 Å². The second kappa shape index (κ2) is 4.13. The molecule has 3 rings (SSSR count). The van der Waals surface area contributed by atoms with E-state index in [1.807, 2.05) is 29.9 Å². The predicted octanol–water partition coefficient (Wildman–Crippen LogP) is 2.04. The van der Waals surface area contributed by atoms with Crippen LogP contribution in [0.1, 0.15) is 10.8 Å². The number of hydrogen-bond acceptors (Lipinski definition) is 4. The minimum atomic E-state index is -3.13. The van der Waals surface area contributed by atoms with Crippen LogP contribution in [0.5, 0.6) is 0 Å². The van der Waals surface area contributed by atoms with E-state index in [1.165, 1.54) is 11.8 Å². The number of imidazole rings is 1. The van der Waals surface area contributed by atoms with Crippen LogP contribution in [0.4, 0.5) is 0 Å². The summed E-state index contributed by atoms with van der Waals surface area (Å²) in [7, 11) is -1.22. The van der Waals surface area contributed by atoms with Crippen LogP contribution in [0.2, 0.25) is 0 Å². The quantitative estimate of drug-likeness (QED) is 0.844. The van der Waals surface area contributed by atoms with Crippen LogP contribution in [0.25, 0.3) is 0 Å². The topological polar surface area (TPSA) is 52.0 Å². The molecule has 0 saturated carbocycles. The van der Waals surface area contributed by atoms with E-state index in [4.69, 9.17) is 0 Å². The van der Waals surface area contributed by atoms with E-state index in [9.17, 15) is 8.42 Å². The van der Waals surface area contributed by atoms with Crippen molar-refractivity contribution in [2.24, 2.45) is 7.05 Å². The molecule has 6 heteroatoms. The number of aromatic nitrogens is 2. The first-order chi connectivity index (χ1) is 8.58. The number of sulfone groups is 1. The number of aryl methyl sites for hydroxylation is 1. The molecule has 1 aliphatic heterocycles. The molecule has 1 unspecified atom stereocenters. The third-order valence-corrected chi connectivity index (χ3v) is 6.33. The molecule has 0 amide bonds. The van der Waals surface area contributed by atoms with Crippen molar-refractivity contribution < 1.29 is 8.42 Å². The predicted molar refractivity (Wildman–Crippen MR) is 70.3 cm³/mol. The molecular formula is C12H12N2O2S2. The maximum atomic E-state index is 12.0. The van der Waals surface area contributed by atoms with Crippen molar-refractivity contribution in [3.8, 4) is 0 Å². The van der Waals surface area contributed by atoms with Crippen molar-refractivity contribution in [2.75, 3.05) is 5.75 Å². The number of benzene rings is 1. The SMILES string of the molecule is Cn1ccnc1SC1CS(=O)(=O)c2ccccc21. The Labute approximate surface area is 110 Å². The summed E-state index contributed by atoms with van der Waals surface area (Å²) in [5.41, 5.74) is 0.894. The van der Waals surface area contributed by atoms with Crippen molar-refractivity contribution in [1.29, 1.82) is 0 Å². The van der Waals surface area contributed by atoms with E-state index < -0.39 is 9.84 Å². The molecule has 18 heavy (non-hydrogen) atoms. The number of thioether (sulfide) groups is 1. The fourth-order valence-electron chi connectivity index (χ4n) is 2.10. The zero-order valence-electron chi connectivity index (χ0n) is 9.78. The van der Waals surface area contributed by atoms with Crippen LogP contribution in [0.3, 0.4) is 0 Å². The lowest BCUT2D eigenvalue weighted by Gasteiger charge is -2.08. The number of nitrogens with zero attached hydrogens (tertiary/aromatic N) is 2. The smallest absolute Gasteiger partial charge is 0.180 e. The van der Waals surface area contributed by atoms with Crippen LogP contribution in [0.15, 0.2) is 46.7 Å². The van der Waals surface area contributed by atoms with Crippen LogP contribution < -0.4 is 0 Å². The highest BCUT2D eigenvalue weighted by Gasteiger charge is 2.35. The van der Waals surface area contributed by atoms with E-state index in [0.717, 1.165) is 10.7 Å². The van der Waals surface area contributed by atoms with E-state index in [0.29, 0.717) is 4.90 Å². The summed E-state index contributed by atoms with van der Waals surface area (Å²) in [4.78, 5) is 4.70. The molecule has 1 aromatic heterocycles. The Morgan fingerprint density at radius 1 is 1.39 bits per heavy atom. The Morgan fingerprint density at radius 2 is 2.17 bits per heavy atom. The lowest BCUT2D eigenvalue weighted by molar-refractivity contribution is 0.600. The van der Waals surface area contributed by atoms with Crippen LogP contribution >= 0.6 is 11.8 Å². The van der Waals surface area contributed by atoms with Crippen molar-refractivity contribution >= 4 is 21.6 Å². The first-order valence-corrected chi connectivity index (χ1v) is 8.07. The normalized spacial score (nSPS) is 20.8. The fourth-order valence-corrected chi connectivity index (χ4v) is 5.53. The van der Waals surface area contributed by atoms with Gasteiger partial charge in [0.05, 0.1) is 15.9 Å². The summed E-state index contributed by atoms with van der Waals surface area (Å²) >= 11 is 1.50. The van der Waals surface area contributed by atoms with Gasteiger partial charge < -0.3 is 4.57 Å². The average Bonchev–Trinajstić information content (AvgIpc) is 2.84. The van der Waals surface area contributed by atoms with Gasteiger partial charge in [-0.05, 0) is 11.6 Å². The number of rotatable bonds is 2. The van der Waals surface area contributed by atoms with Gasteiger partial charge in [0.25, 0.3) is 0 Å². The number of fused-ring (bicyclic) bond motifs is 1. The molecular weight excluding hydrogens is 268 g/mol. The summed E-state index contributed by atoms with van der Waals surface area (Å²) < 4.78 is 26.0. The second-order valence-corrected chi connectivity index (χ2v) is 7.42. The Morgan fingerprint density at radius 3 is 2.89 bits per heavy atom. The molecule has 4 nitrogen and oxygen atoms in total. The maximum Gasteiger partial charge on any atom is 0.180 e. The summed E-state index contributed by atoms with van der Waals surface area (Å²) in [6.45, 7) is 0. The molecule has 0 saturated heterocycles. The van der Waals surface area contributed by atoms with Gasteiger partial charge in [-0.1, -0.05) is 30.0 Å². The zero-order chi connectivity index (χ0) is 12.8. The van der Waals surface area contributed by atoms with Crippen molar-refractivity contribution in [1.82, 2.24) is 9.55 Å². The first-order valence-electron chi connectivity index (χ1n) is 5.53. The lowest BCUT2D eigenvalue weighted by Crippen LogP contribution is -2.02. The van der Waals surface area contributed by atoms with Gasteiger partial charge in [0.15, 0.2) is 15.0 Å². The minimum absolute atomic E-state index is 0.0627.